The SMILES string of the molecule is C[C@@H](OC(=O)c1cn(C)c2ccccc12)C(=O)NC(=O)NC12CC3CC(CC(C3)C1)C2. The number of urea groups is 1. The zero-order valence-electron chi connectivity index (χ0n) is 18.0. The van der Waals surface area contributed by atoms with E-state index < -0.39 is 24.0 Å². The van der Waals surface area contributed by atoms with Crippen LogP contribution < -0.4 is 10.6 Å². The molecule has 4 fully saturated rings. The van der Waals surface area contributed by atoms with Crippen LogP contribution in [0.1, 0.15) is 55.8 Å². The molecule has 1 heterocycles. The number of benzene rings is 1. The molecule has 2 aromatic rings. The summed E-state index contributed by atoms with van der Waals surface area (Å²) in [5.41, 5.74) is 1.12. The van der Waals surface area contributed by atoms with Gasteiger partial charge in [0.15, 0.2) is 6.10 Å². The molecule has 0 aliphatic heterocycles. The Hall–Kier alpha value is -2.83. The minimum absolute atomic E-state index is 0.179. The van der Waals surface area contributed by atoms with Crippen LogP contribution in [-0.2, 0) is 16.6 Å². The average Bonchev–Trinajstić information content (AvgIpc) is 3.03. The molecule has 0 saturated heterocycles. The van der Waals surface area contributed by atoms with Crippen molar-refractivity contribution in [3.63, 3.8) is 0 Å². The molecule has 3 amide bonds. The summed E-state index contributed by atoms with van der Waals surface area (Å²) in [5.74, 6) is 0.894. The van der Waals surface area contributed by atoms with E-state index in [9.17, 15) is 14.4 Å². The second-order valence-corrected chi connectivity index (χ2v) is 9.86. The number of fused-ring (bicyclic) bond motifs is 1. The molecule has 164 valence electrons. The van der Waals surface area contributed by atoms with Gasteiger partial charge in [0.2, 0.25) is 0 Å². The van der Waals surface area contributed by atoms with E-state index in [2.05, 4.69) is 10.6 Å². The third-order valence-electron chi connectivity index (χ3n) is 7.42. The lowest BCUT2D eigenvalue weighted by Crippen LogP contribution is -2.62. The molecule has 7 heteroatoms. The van der Waals surface area contributed by atoms with E-state index in [4.69, 9.17) is 4.74 Å². The molecule has 4 bridgehead atoms. The standard InChI is InChI=1S/C24H29N3O4/c1-14(31-22(29)19-13-27(2)20-6-4-3-5-18(19)20)21(28)25-23(30)26-24-10-15-7-16(11-24)9-17(8-15)12-24/h3-6,13-17H,7-12H2,1-2H3,(H2,25,26,28,30)/t14-,15?,16?,17?,24?/m1/s1. The summed E-state index contributed by atoms with van der Waals surface area (Å²) in [6.07, 6.45) is 7.48. The molecule has 4 aliphatic rings. The van der Waals surface area contributed by atoms with Crippen LogP contribution >= 0.6 is 0 Å². The van der Waals surface area contributed by atoms with E-state index in [0.29, 0.717) is 23.3 Å². The van der Waals surface area contributed by atoms with Crippen molar-refractivity contribution in [2.24, 2.45) is 24.8 Å². The fraction of sp³-hybridized carbons (Fsp3) is 0.542. The van der Waals surface area contributed by atoms with Gasteiger partial charge in [-0.15, -0.1) is 0 Å². The van der Waals surface area contributed by atoms with E-state index >= 15 is 0 Å². The first-order chi connectivity index (χ1) is 14.8. The van der Waals surface area contributed by atoms with Crippen LogP contribution in [0.3, 0.4) is 0 Å². The van der Waals surface area contributed by atoms with Gasteiger partial charge in [0.05, 0.1) is 5.56 Å². The van der Waals surface area contributed by atoms with Crippen LogP contribution in [0.25, 0.3) is 10.9 Å². The van der Waals surface area contributed by atoms with Crippen LogP contribution in [-0.4, -0.2) is 34.1 Å². The lowest BCUT2D eigenvalue weighted by molar-refractivity contribution is -0.128. The van der Waals surface area contributed by atoms with Crippen molar-refractivity contribution in [1.29, 1.82) is 0 Å². The predicted octanol–water partition coefficient (Wildman–Crippen LogP) is 3.52. The highest BCUT2D eigenvalue weighted by Gasteiger charge is 2.51. The van der Waals surface area contributed by atoms with Gasteiger partial charge < -0.3 is 14.6 Å². The maximum Gasteiger partial charge on any atom is 0.341 e. The molecule has 31 heavy (non-hydrogen) atoms. The van der Waals surface area contributed by atoms with Crippen molar-refractivity contribution in [3.8, 4) is 0 Å². The number of esters is 1. The number of carbonyl (C=O) groups is 3. The van der Waals surface area contributed by atoms with E-state index in [-0.39, 0.29) is 5.54 Å². The zero-order valence-corrected chi connectivity index (χ0v) is 18.0. The number of nitrogens with zero attached hydrogens (tertiary/aromatic N) is 1. The summed E-state index contributed by atoms with van der Waals surface area (Å²) in [6.45, 7) is 1.48. The van der Waals surface area contributed by atoms with Crippen LogP contribution in [0.2, 0.25) is 0 Å². The van der Waals surface area contributed by atoms with Crippen LogP contribution in [0.15, 0.2) is 30.5 Å². The number of rotatable bonds is 4. The van der Waals surface area contributed by atoms with Crippen molar-refractivity contribution in [2.45, 2.75) is 57.1 Å². The van der Waals surface area contributed by atoms with Crippen LogP contribution in [0.4, 0.5) is 4.79 Å². The summed E-state index contributed by atoms with van der Waals surface area (Å²) in [5, 5.41) is 6.26. The predicted molar refractivity (Wildman–Crippen MR) is 115 cm³/mol. The minimum Gasteiger partial charge on any atom is -0.449 e. The quantitative estimate of drug-likeness (QED) is 0.737. The molecule has 4 aliphatic carbocycles. The molecule has 4 saturated carbocycles. The van der Waals surface area contributed by atoms with Gasteiger partial charge in [0.25, 0.3) is 5.91 Å². The number of para-hydroxylation sites is 1. The van der Waals surface area contributed by atoms with Gasteiger partial charge in [0, 0.05) is 29.7 Å². The molecule has 0 spiro atoms. The van der Waals surface area contributed by atoms with Crippen molar-refractivity contribution in [1.82, 2.24) is 15.2 Å². The third kappa shape index (κ3) is 3.70. The zero-order chi connectivity index (χ0) is 21.8. The van der Waals surface area contributed by atoms with Crippen molar-refractivity contribution in [3.05, 3.63) is 36.0 Å². The molecular weight excluding hydrogens is 394 g/mol. The second kappa shape index (κ2) is 7.39. The summed E-state index contributed by atoms with van der Waals surface area (Å²) >= 11 is 0. The first-order valence-electron chi connectivity index (χ1n) is 11.2. The van der Waals surface area contributed by atoms with Crippen molar-refractivity contribution < 1.29 is 19.1 Å². The molecular formula is C24H29N3O4. The number of amides is 3. The van der Waals surface area contributed by atoms with Gasteiger partial charge in [-0.2, -0.15) is 0 Å². The number of carbonyl (C=O) groups excluding carboxylic acids is 3. The Balaban J connectivity index is 1.19. The van der Waals surface area contributed by atoms with E-state index in [1.165, 1.54) is 26.2 Å². The fourth-order valence-electron chi connectivity index (χ4n) is 6.53. The van der Waals surface area contributed by atoms with Crippen LogP contribution in [0, 0.1) is 17.8 Å². The number of hydrogen-bond donors (Lipinski definition) is 2. The molecule has 0 unspecified atom stereocenters. The molecule has 2 N–H and O–H groups in total. The van der Waals surface area contributed by atoms with Gasteiger partial charge in [-0.25, -0.2) is 9.59 Å². The summed E-state index contributed by atoms with van der Waals surface area (Å²) in [7, 11) is 1.85. The average molecular weight is 424 g/mol. The van der Waals surface area contributed by atoms with Crippen molar-refractivity contribution >= 4 is 28.8 Å². The highest BCUT2D eigenvalue weighted by molar-refractivity contribution is 6.05. The monoisotopic (exact) mass is 423 g/mol. The van der Waals surface area contributed by atoms with Crippen LogP contribution in [0.5, 0.6) is 0 Å². The largest absolute Gasteiger partial charge is 0.449 e. The van der Waals surface area contributed by atoms with E-state index in [1.807, 2.05) is 35.9 Å². The molecule has 7 nitrogen and oxygen atoms in total. The molecule has 6 rings (SSSR count). The molecule has 0 radical (unpaired) electrons. The Bertz CT molecular complexity index is 1020. The maximum atomic E-state index is 12.7. The minimum atomic E-state index is -1.08. The summed E-state index contributed by atoms with van der Waals surface area (Å²) in [6, 6.07) is 7.02. The lowest BCUT2D eigenvalue weighted by Gasteiger charge is -2.56. The number of hydrogen-bond acceptors (Lipinski definition) is 4. The smallest absolute Gasteiger partial charge is 0.341 e. The van der Waals surface area contributed by atoms with E-state index in [1.54, 1.807) is 6.20 Å². The number of ether oxygens (including phenoxy) is 1. The number of aromatic nitrogens is 1. The van der Waals surface area contributed by atoms with Gasteiger partial charge in [-0.3, -0.25) is 10.1 Å². The number of aryl methyl sites for hydroxylation is 1. The fourth-order valence-corrected chi connectivity index (χ4v) is 6.53. The van der Waals surface area contributed by atoms with Gasteiger partial charge in [-0.1, -0.05) is 18.2 Å². The highest BCUT2D eigenvalue weighted by Crippen LogP contribution is 2.55. The normalized spacial score (nSPS) is 29.5. The Morgan fingerprint density at radius 3 is 2.32 bits per heavy atom. The molecule has 1 aromatic heterocycles. The first-order valence-corrected chi connectivity index (χ1v) is 11.2. The topological polar surface area (TPSA) is 89.4 Å². The van der Waals surface area contributed by atoms with E-state index in [0.717, 1.165) is 30.2 Å². The van der Waals surface area contributed by atoms with Gasteiger partial charge in [-0.05, 0) is 69.3 Å². The first kappa shape index (κ1) is 20.1. The Morgan fingerprint density at radius 2 is 1.68 bits per heavy atom. The van der Waals surface area contributed by atoms with Crippen molar-refractivity contribution in [2.75, 3.05) is 0 Å². The summed E-state index contributed by atoms with van der Waals surface area (Å²) < 4.78 is 7.21. The Kier molecular flexibility index (Phi) is 4.79. The second-order valence-electron chi connectivity index (χ2n) is 9.86. The molecule has 1 aromatic carbocycles. The maximum absolute atomic E-state index is 12.7. The van der Waals surface area contributed by atoms with Gasteiger partial charge >= 0.3 is 12.0 Å². The summed E-state index contributed by atoms with van der Waals surface area (Å²) in [4.78, 5) is 37.8. The number of imide groups is 1. The van der Waals surface area contributed by atoms with Gasteiger partial charge in [0.1, 0.15) is 0 Å². The highest BCUT2D eigenvalue weighted by atomic mass is 16.5. The Labute approximate surface area is 181 Å². The molecule has 1 atom stereocenters. The number of nitrogens with one attached hydrogen (secondary N) is 2. The third-order valence-corrected chi connectivity index (χ3v) is 7.42. The lowest BCUT2D eigenvalue weighted by atomic mass is 9.53. The Morgan fingerprint density at radius 1 is 1.06 bits per heavy atom.